The second-order valence-electron chi connectivity index (χ2n) is 4.29. The van der Waals surface area contributed by atoms with Crippen LogP contribution in [0.5, 0.6) is 0 Å². The van der Waals surface area contributed by atoms with E-state index in [1.165, 1.54) is 6.07 Å². The Morgan fingerprint density at radius 1 is 1.20 bits per heavy atom. The third-order valence-corrected chi connectivity index (χ3v) is 2.64. The highest BCUT2D eigenvalue weighted by Gasteiger charge is 2.17. The smallest absolute Gasteiger partial charge is 0.395 e. The lowest BCUT2D eigenvalue weighted by Gasteiger charge is -2.12. The van der Waals surface area contributed by atoms with Crippen LogP contribution in [-0.4, -0.2) is 24.9 Å². The van der Waals surface area contributed by atoms with Gasteiger partial charge in [-0.1, -0.05) is 0 Å². The zero-order valence-electron chi connectivity index (χ0n) is 11.0. The maximum absolute atomic E-state index is 11.8. The van der Waals surface area contributed by atoms with E-state index in [2.05, 4.69) is 5.32 Å². The second kappa shape index (κ2) is 5.43. The van der Waals surface area contributed by atoms with Crippen LogP contribution in [0.1, 0.15) is 10.6 Å². The molecule has 2 rings (SSSR count). The summed E-state index contributed by atoms with van der Waals surface area (Å²) in [6.07, 6.45) is 0. The van der Waals surface area contributed by atoms with Gasteiger partial charge >= 0.3 is 5.88 Å². The van der Waals surface area contributed by atoms with E-state index in [0.29, 0.717) is 5.69 Å². The number of nitro groups is 1. The summed E-state index contributed by atoms with van der Waals surface area (Å²) in [5.41, 5.74) is 1.58. The number of hydrogen-bond donors (Lipinski definition) is 1. The van der Waals surface area contributed by atoms with Crippen LogP contribution in [0.4, 0.5) is 17.3 Å². The minimum atomic E-state index is -0.692. The first-order valence-electron chi connectivity index (χ1n) is 5.80. The highest BCUT2D eigenvalue weighted by Crippen LogP contribution is 2.19. The molecule has 2 aromatic rings. The van der Waals surface area contributed by atoms with E-state index in [1.807, 2.05) is 31.1 Å². The Labute approximate surface area is 115 Å². The molecular weight excluding hydrogens is 262 g/mol. The van der Waals surface area contributed by atoms with Crippen LogP contribution in [0.2, 0.25) is 0 Å². The first kappa shape index (κ1) is 13.6. The van der Waals surface area contributed by atoms with Crippen molar-refractivity contribution < 1.29 is 14.1 Å². The normalized spacial score (nSPS) is 10.1. The molecule has 0 radical (unpaired) electrons. The molecule has 0 fully saturated rings. The van der Waals surface area contributed by atoms with Crippen molar-refractivity contribution in [3.05, 3.63) is 52.3 Å². The zero-order chi connectivity index (χ0) is 14.7. The van der Waals surface area contributed by atoms with E-state index in [0.717, 1.165) is 11.8 Å². The van der Waals surface area contributed by atoms with Gasteiger partial charge in [-0.25, -0.2) is 0 Å². The molecular formula is C13H13N3O4. The fourth-order valence-electron chi connectivity index (χ4n) is 1.58. The molecule has 1 heterocycles. The molecule has 0 bridgehead atoms. The highest BCUT2D eigenvalue weighted by atomic mass is 16.6. The van der Waals surface area contributed by atoms with E-state index >= 15 is 0 Å². The molecule has 0 saturated carbocycles. The Morgan fingerprint density at radius 3 is 2.35 bits per heavy atom. The first-order valence-corrected chi connectivity index (χ1v) is 5.80. The van der Waals surface area contributed by atoms with Crippen LogP contribution >= 0.6 is 0 Å². The summed E-state index contributed by atoms with van der Waals surface area (Å²) in [6, 6.07) is 9.58. The van der Waals surface area contributed by atoms with Gasteiger partial charge in [-0.05, 0) is 30.3 Å². The van der Waals surface area contributed by atoms with Crippen molar-refractivity contribution in [2.24, 2.45) is 0 Å². The van der Waals surface area contributed by atoms with Crippen LogP contribution in [0, 0.1) is 10.1 Å². The second-order valence-corrected chi connectivity index (χ2v) is 4.29. The van der Waals surface area contributed by atoms with Crippen LogP contribution in [0.15, 0.2) is 40.8 Å². The lowest BCUT2D eigenvalue weighted by atomic mass is 10.2. The van der Waals surface area contributed by atoms with Crippen molar-refractivity contribution in [3.8, 4) is 0 Å². The molecule has 0 aliphatic carbocycles. The van der Waals surface area contributed by atoms with Gasteiger partial charge in [0.2, 0.25) is 0 Å². The molecule has 0 aliphatic heterocycles. The van der Waals surface area contributed by atoms with E-state index < -0.39 is 16.7 Å². The molecule has 104 valence electrons. The molecule has 1 aromatic carbocycles. The summed E-state index contributed by atoms with van der Waals surface area (Å²) in [5.74, 6) is -1.10. The lowest BCUT2D eigenvalue weighted by Crippen LogP contribution is -2.12. The number of nitrogens with one attached hydrogen (secondary N) is 1. The van der Waals surface area contributed by atoms with Crippen LogP contribution in [0.3, 0.4) is 0 Å². The van der Waals surface area contributed by atoms with Gasteiger partial charge in [0.1, 0.15) is 4.92 Å². The summed E-state index contributed by atoms with van der Waals surface area (Å²) in [5, 5.41) is 13.1. The summed E-state index contributed by atoms with van der Waals surface area (Å²) in [6.45, 7) is 0. The minimum Gasteiger partial charge on any atom is -0.395 e. The Morgan fingerprint density at radius 2 is 1.85 bits per heavy atom. The largest absolute Gasteiger partial charge is 0.433 e. The van der Waals surface area contributed by atoms with Crippen LogP contribution in [-0.2, 0) is 0 Å². The predicted octanol–water partition coefficient (Wildman–Crippen LogP) is 2.51. The summed E-state index contributed by atoms with van der Waals surface area (Å²) >= 11 is 0. The van der Waals surface area contributed by atoms with Crippen molar-refractivity contribution in [1.29, 1.82) is 0 Å². The fourth-order valence-corrected chi connectivity index (χ4v) is 1.58. The Hall–Kier alpha value is -2.83. The number of nitrogens with zero attached hydrogens (tertiary/aromatic N) is 2. The van der Waals surface area contributed by atoms with Crippen molar-refractivity contribution in [1.82, 2.24) is 0 Å². The van der Waals surface area contributed by atoms with Gasteiger partial charge in [-0.2, -0.15) is 0 Å². The molecule has 0 spiro atoms. The molecule has 0 saturated heterocycles. The quantitative estimate of drug-likeness (QED) is 0.684. The topological polar surface area (TPSA) is 88.6 Å². The molecule has 0 aliphatic rings. The minimum absolute atomic E-state index is 0.103. The first-order chi connectivity index (χ1) is 9.47. The zero-order valence-corrected chi connectivity index (χ0v) is 11.0. The summed E-state index contributed by atoms with van der Waals surface area (Å²) in [7, 11) is 3.82. The monoisotopic (exact) mass is 275 g/mol. The van der Waals surface area contributed by atoms with Crippen molar-refractivity contribution in [2.75, 3.05) is 24.3 Å². The molecule has 20 heavy (non-hydrogen) atoms. The predicted molar refractivity (Wildman–Crippen MR) is 74.1 cm³/mol. The third kappa shape index (κ3) is 2.94. The third-order valence-electron chi connectivity index (χ3n) is 2.64. The SMILES string of the molecule is CN(C)c1ccc(NC(=O)c2ccc([N+](=O)[O-])o2)cc1. The number of hydrogen-bond acceptors (Lipinski definition) is 5. The standard InChI is InChI=1S/C13H13N3O4/c1-15(2)10-5-3-9(4-6-10)14-13(17)11-7-8-12(20-11)16(18)19/h3-8H,1-2H3,(H,14,17). The number of carbonyl (C=O) groups is 1. The Bertz CT molecular complexity index is 631. The van der Waals surface area contributed by atoms with Gasteiger partial charge in [-0.15, -0.1) is 0 Å². The Balaban J connectivity index is 2.08. The van der Waals surface area contributed by atoms with Gasteiger partial charge in [0.25, 0.3) is 5.91 Å². The number of furan rings is 1. The summed E-state index contributed by atoms with van der Waals surface area (Å²) in [4.78, 5) is 23.5. The lowest BCUT2D eigenvalue weighted by molar-refractivity contribution is -0.402. The molecule has 7 heteroatoms. The van der Waals surface area contributed by atoms with Gasteiger partial charge in [0.15, 0.2) is 5.76 Å². The Kier molecular flexibility index (Phi) is 3.69. The molecule has 0 unspecified atom stereocenters. The maximum atomic E-state index is 11.8. The van der Waals surface area contributed by atoms with Crippen molar-refractivity contribution >= 4 is 23.2 Å². The maximum Gasteiger partial charge on any atom is 0.433 e. The number of rotatable bonds is 4. The number of anilines is 2. The van der Waals surface area contributed by atoms with E-state index in [4.69, 9.17) is 4.42 Å². The fraction of sp³-hybridized carbons (Fsp3) is 0.154. The highest BCUT2D eigenvalue weighted by molar-refractivity contribution is 6.02. The molecule has 1 amide bonds. The van der Waals surface area contributed by atoms with E-state index in [-0.39, 0.29) is 5.76 Å². The van der Waals surface area contributed by atoms with E-state index in [1.54, 1.807) is 12.1 Å². The van der Waals surface area contributed by atoms with Crippen molar-refractivity contribution in [2.45, 2.75) is 0 Å². The van der Waals surface area contributed by atoms with Crippen LogP contribution < -0.4 is 10.2 Å². The summed E-state index contributed by atoms with van der Waals surface area (Å²) < 4.78 is 4.82. The molecule has 1 aromatic heterocycles. The molecule has 7 nitrogen and oxygen atoms in total. The average molecular weight is 275 g/mol. The van der Waals surface area contributed by atoms with Crippen molar-refractivity contribution in [3.63, 3.8) is 0 Å². The van der Waals surface area contributed by atoms with Gasteiger partial charge < -0.3 is 14.6 Å². The van der Waals surface area contributed by atoms with Gasteiger partial charge in [0, 0.05) is 25.5 Å². The molecule has 0 atom stereocenters. The molecule has 1 N–H and O–H groups in total. The average Bonchev–Trinajstić information content (AvgIpc) is 2.89. The van der Waals surface area contributed by atoms with Crippen LogP contribution in [0.25, 0.3) is 0 Å². The van der Waals surface area contributed by atoms with Gasteiger partial charge in [0.05, 0.1) is 6.07 Å². The number of amides is 1. The van der Waals surface area contributed by atoms with Gasteiger partial charge in [-0.3, -0.25) is 14.9 Å². The number of carbonyl (C=O) groups excluding carboxylic acids is 1. The number of benzene rings is 1. The van der Waals surface area contributed by atoms with E-state index in [9.17, 15) is 14.9 Å².